The smallest absolute Gasteiger partial charge is 0.0163 e. The SMILES string of the molecule is Cc1ccc(Cc2ccc(C)s2)s1. The summed E-state index contributed by atoms with van der Waals surface area (Å²) in [5, 5.41) is 0. The fourth-order valence-corrected chi connectivity index (χ4v) is 3.25. The normalized spacial score (nSPS) is 10.6. The van der Waals surface area contributed by atoms with Gasteiger partial charge in [-0.05, 0) is 38.1 Å². The van der Waals surface area contributed by atoms with Crippen LogP contribution in [0.5, 0.6) is 0 Å². The van der Waals surface area contributed by atoms with Gasteiger partial charge in [0, 0.05) is 25.9 Å². The van der Waals surface area contributed by atoms with Crippen molar-refractivity contribution < 1.29 is 0 Å². The van der Waals surface area contributed by atoms with Crippen molar-refractivity contribution in [2.75, 3.05) is 0 Å². The molecule has 13 heavy (non-hydrogen) atoms. The Morgan fingerprint density at radius 1 is 0.846 bits per heavy atom. The zero-order valence-electron chi connectivity index (χ0n) is 7.83. The van der Waals surface area contributed by atoms with E-state index in [4.69, 9.17) is 0 Å². The highest BCUT2D eigenvalue weighted by Gasteiger charge is 2.00. The van der Waals surface area contributed by atoms with Crippen LogP contribution in [0.25, 0.3) is 0 Å². The lowest BCUT2D eigenvalue weighted by Gasteiger charge is -1.91. The molecular formula is C11H12S2. The van der Waals surface area contributed by atoms with E-state index >= 15 is 0 Å². The molecule has 2 heteroatoms. The maximum atomic E-state index is 2.23. The first-order valence-electron chi connectivity index (χ1n) is 4.34. The van der Waals surface area contributed by atoms with Crippen LogP contribution in [0.15, 0.2) is 24.3 Å². The lowest BCUT2D eigenvalue weighted by molar-refractivity contribution is 1.31. The van der Waals surface area contributed by atoms with Crippen LogP contribution in [0.2, 0.25) is 0 Å². The van der Waals surface area contributed by atoms with E-state index in [1.807, 2.05) is 22.7 Å². The van der Waals surface area contributed by atoms with E-state index in [0.29, 0.717) is 0 Å². The van der Waals surface area contributed by atoms with Crippen LogP contribution in [0.1, 0.15) is 19.5 Å². The first kappa shape index (κ1) is 8.97. The Morgan fingerprint density at radius 2 is 1.31 bits per heavy atom. The molecule has 0 saturated heterocycles. The summed E-state index contributed by atoms with van der Waals surface area (Å²) in [4.78, 5) is 5.75. The minimum atomic E-state index is 1.11. The van der Waals surface area contributed by atoms with Crippen LogP contribution >= 0.6 is 22.7 Å². The van der Waals surface area contributed by atoms with Gasteiger partial charge in [-0.2, -0.15) is 0 Å². The molecule has 0 unspecified atom stereocenters. The molecule has 0 fully saturated rings. The van der Waals surface area contributed by atoms with Crippen molar-refractivity contribution in [3.63, 3.8) is 0 Å². The Bertz CT molecular complexity index is 357. The number of hydrogen-bond donors (Lipinski definition) is 0. The van der Waals surface area contributed by atoms with E-state index in [1.165, 1.54) is 19.5 Å². The number of hydrogen-bond acceptors (Lipinski definition) is 2. The molecule has 2 rings (SSSR count). The van der Waals surface area contributed by atoms with Crippen molar-refractivity contribution in [1.82, 2.24) is 0 Å². The molecule has 0 aliphatic heterocycles. The summed E-state index contributed by atoms with van der Waals surface area (Å²) in [5.74, 6) is 0. The van der Waals surface area contributed by atoms with Crippen LogP contribution in [0.3, 0.4) is 0 Å². The predicted octanol–water partition coefficient (Wildman–Crippen LogP) is 4.02. The zero-order chi connectivity index (χ0) is 9.26. The summed E-state index contributed by atoms with van der Waals surface area (Å²) in [6, 6.07) is 8.85. The van der Waals surface area contributed by atoms with E-state index in [1.54, 1.807) is 0 Å². The molecule has 2 aromatic heterocycles. The quantitative estimate of drug-likeness (QED) is 0.699. The van der Waals surface area contributed by atoms with Gasteiger partial charge in [0.05, 0.1) is 0 Å². The Morgan fingerprint density at radius 3 is 1.62 bits per heavy atom. The van der Waals surface area contributed by atoms with E-state index < -0.39 is 0 Å². The monoisotopic (exact) mass is 208 g/mol. The first-order chi connectivity index (χ1) is 6.24. The van der Waals surface area contributed by atoms with Crippen LogP contribution in [-0.2, 0) is 6.42 Å². The Hall–Kier alpha value is -0.600. The van der Waals surface area contributed by atoms with E-state index in [0.717, 1.165) is 6.42 Å². The standard InChI is InChI=1S/C11H12S2/c1-8-3-5-10(12-8)7-11-6-4-9(2)13-11/h3-6H,7H2,1-2H3. The molecule has 68 valence electrons. The van der Waals surface area contributed by atoms with E-state index in [9.17, 15) is 0 Å². The molecule has 0 amide bonds. The van der Waals surface area contributed by atoms with Crippen LogP contribution in [0, 0.1) is 13.8 Å². The lowest BCUT2D eigenvalue weighted by Crippen LogP contribution is -1.76. The molecule has 0 atom stereocenters. The van der Waals surface area contributed by atoms with Crippen molar-refractivity contribution in [1.29, 1.82) is 0 Å². The van der Waals surface area contributed by atoms with Crippen molar-refractivity contribution in [2.24, 2.45) is 0 Å². The Balaban J connectivity index is 2.14. The largest absolute Gasteiger partial charge is 0.145 e. The molecule has 0 spiro atoms. The summed E-state index contributed by atoms with van der Waals surface area (Å²) >= 11 is 3.80. The third-order valence-electron chi connectivity index (χ3n) is 1.94. The van der Waals surface area contributed by atoms with Crippen LogP contribution < -0.4 is 0 Å². The number of aryl methyl sites for hydroxylation is 2. The fourth-order valence-electron chi connectivity index (χ4n) is 1.33. The second kappa shape index (κ2) is 3.64. The average molecular weight is 208 g/mol. The molecule has 0 nitrogen and oxygen atoms in total. The summed E-state index contributed by atoms with van der Waals surface area (Å²) < 4.78 is 0. The molecule has 2 heterocycles. The average Bonchev–Trinajstić information content (AvgIpc) is 2.62. The van der Waals surface area contributed by atoms with Gasteiger partial charge in [0.1, 0.15) is 0 Å². The highest BCUT2D eigenvalue weighted by molar-refractivity contribution is 7.13. The molecule has 0 aliphatic rings. The highest BCUT2D eigenvalue weighted by atomic mass is 32.1. The first-order valence-corrected chi connectivity index (χ1v) is 5.98. The molecule has 0 N–H and O–H groups in total. The summed E-state index contributed by atoms with van der Waals surface area (Å²) in [6.45, 7) is 4.32. The summed E-state index contributed by atoms with van der Waals surface area (Å²) in [7, 11) is 0. The second-order valence-electron chi connectivity index (χ2n) is 3.20. The molecule has 2 aromatic rings. The van der Waals surface area contributed by atoms with E-state index in [-0.39, 0.29) is 0 Å². The molecule has 0 bridgehead atoms. The summed E-state index contributed by atoms with van der Waals surface area (Å²) in [6.07, 6.45) is 1.11. The van der Waals surface area contributed by atoms with Gasteiger partial charge in [0.25, 0.3) is 0 Å². The van der Waals surface area contributed by atoms with Crippen molar-refractivity contribution in [2.45, 2.75) is 20.3 Å². The third kappa shape index (κ3) is 2.20. The van der Waals surface area contributed by atoms with Gasteiger partial charge in [0.2, 0.25) is 0 Å². The Labute approximate surface area is 86.9 Å². The lowest BCUT2D eigenvalue weighted by atomic mass is 10.3. The van der Waals surface area contributed by atoms with Gasteiger partial charge in [-0.3, -0.25) is 0 Å². The van der Waals surface area contributed by atoms with Crippen LogP contribution in [-0.4, -0.2) is 0 Å². The number of rotatable bonds is 2. The number of thiophene rings is 2. The van der Waals surface area contributed by atoms with E-state index in [2.05, 4.69) is 38.1 Å². The molecule has 0 saturated carbocycles. The van der Waals surface area contributed by atoms with Crippen molar-refractivity contribution in [3.05, 3.63) is 43.8 Å². The van der Waals surface area contributed by atoms with Gasteiger partial charge in [-0.25, -0.2) is 0 Å². The molecule has 0 radical (unpaired) electrons. The molecule has 0 aliphatic carbocycles. The van der Waals surface area contributed by atoms with Gasteiger partial charge in [0.15, 0.2) is 0 Å². The Kier molecular flexibility index (Phi) is 2.51. The fraction of sp³-hybridized carbons (Fsp3) is 0.273. The van der Waals surface area contributed by atoms with Gasteiger partial charge >= 0.3 is 0 Å². The summed E-state index contributed by atoms with van der Waals surface area (Å²) in [5.41, 5.74) is 0. The van der Waals surface area contributed by atoms with Crippen molar-refractivity contribution >= 4 is 22.7 Å². The maximum Gasteiger partial charge on any atom is 0.0163 e. The van der Waals surface area contributed by atoms with Crippen LogP contribution in [0.4, 0.5) is 0 Å². The minimum absolute atomic E-state index is 1.11. The van der Waals surface area contributed by atoms with Crippen molar-refractivity contribution in [3.8, 4) is 0 Å². The topological polar surface area (TPSA) is 0 Å². The van der Waals surface area contributed by atoms with Gasteiger partial charge in [-0.1, -0.05) is 0 Å². The molecule has 0 aromatic carbocycles. The maximum absolute atomic E-state index is 2.23. The second-order valence-corrected chi connectivity index (χ2v) is 5.95. The third-order valence-corrected chi connectivity index (χ3v) is 3.94. The molecular weight excluding hydrogens is 196 g/mol. The van der Waals surface area contributed by atoms with Gasteiger partial charge in [-0.15, -0.1) is 22.7 Å². The minimum Gasteiger partial charge on any atom is -0.145 e. The predicted molar refractivity (Wildman–Crippen MR) is 60.9 cm³/mol. The highest BCUT2D eigenvalue weighted by Crippen LogP contribution is 2.23. The van der Waals surface area contributed by atoms with Gasteiger partial charge < -0.3 is 0 Å². The zero-order valence-corrected chi connectivity index (χ0v) is 9.47.